The number of hydrogen-bond donors (Lipinski definition) is 0. The van der Waals surface area contributed by atoms with Gasteiger partial charge >= 0.3 is 0 Å². The van der Waals surface area contributed by atoms with Crippen molar-refractivity contribution < 1.29 is 4.39 Å². The smallest absolute Gasteiger partial charge is 0.124 e. The summed E-state index contributed by atoms with van der Waals surface area (Å²) in [7, 11) is 0. The highest BCUT2D eigenvalue weighted by atomic mass is 35.5. The number of thiophene rings is 2. The zero-order valence-electron chi connectivity index (χ0n) is 8.99. The number of fused-ring (bicyclic) bond motifs is 1. The van der Waals surface area contributed by atoms with Crippen LogP contribution >= 0.6 is 45.9 Å². The van der Waals surface area contributed by atoms with Crippen molar-refractivity contribution in [3.05, 3.63) is 56.3 Å². The molecule has 1 aromatic carbocycles. The van der Waals surface area contributed by atoms with Gasteiger partial charge in [-0.05, 0) is 35.7 Å². The maximum Gasteiger partial charge on any atom is 0.124 e. The molecule has 18 heavy (non-hydrogen) atoms. The summed E-state index contributed by atoms with van der Waals surface area (Å²) in [4.78, 5) is 2.02. The van der Waals surface area contributed by atoms with Gasteiger partial charge in [0.1, 0.15) is 11.2 Å². The van der Waals surface area contributed by atoms with Crippen molar-refractivity contribution in [3.8, 4) is 0 Å². The van der Waals surface area contributed by atoms with Crippen LogP contribution in [-0.4, -0.2) is 0 Å². The monoisotopic (exact) mass is 316 g/mol. The van der Waals surface area contributed by atoms with Crippen LogP contribution in [0, 0.1) is 5.82 Å². The average molecular weight is 317 g/mol. The van der Waals surface area contributed by atoms with Gasteiger partial charge in [-0.1, -0.05) is 17.7 Å². The quantitative estimate of drug-likeness (QED) is 0.502. The van der Waals surface area contributed by atoms with E-state index in [1.807, 2.05) is 18.2 Å². The molecule has 0 aliphatic carbocycles. The highest BCUT2D eigenvalue weighted by Crippen LogP contribution is 2.40. The molecule has 0 spiro atoms. The first-order valence-electron chi connectivity index (χ1n) is 5.22. The van der Waals surface area contributed by atoms with Gasteiger partial charge in [0.2, 0.25) is 0 Å². The van der Waals surface area contributed by atoms with E-state index < -0.39 is 0 Å². The van der Waals surface area contributed by atoms with Crippen molar-refractivity contribution in [2.45, 2.75) is 5.38 Å². The number of rotatable bonds is 2. The number of hydrogen-bond acceptors (Lipinski definition) is 2. The van der Waals surface area contributed by atoms with Gasteiger partial charge in [-0.25, -0.2) is 4.39 Å². The van der Waals surface area contributed by atoms with E-state index in [-0.39, 0.29) is 11.2 Å². The Morgan fingerprint density at radius 2 is 1.83 bits per heavy atom. The van der Waals surface area contributed by atoms with Crippen LogP contribution in [0.1, 0.15) is 15.1 Å². The molecule has 0 aliphatic heterocycles. The molecule has 0 bridgehead atoms. The average Bonchev–Trinajstić information content (AvgIpc) is 2.93. The van der Waals surface area contributed by atoms with Crippen molar-refractivity contribution in [1.29, 1.82) is 0 Å². The number of benzene rings is 1. The highest BCUT2D eigenvalue weighted by Gasteiger charge is 2.16. The first-order valence-corrected chi connectivity index (χ1v) is 7.66. The van der Waals surface area contributed by atoms with Crippen molar-refractivity contribution in [2.75, 3.05) is 0 Å². The Morgan fingerprint density at radius 3 is 2.56 bits per heavy atom. The van der Waals surface area contributed by atoms with Crippen molar-refractivity contribution in [3.63, 3.8) is 0 Å². The van der Waals surface area contributed by atoms with E-state index in [4.69, 9.17) is 23.2 Å². The maximum atomic E-state index is 13.1. The molecule has 2 aromatic heterocycles. The van der Waals surface area contributed by atoms with Crippen LogP contribution in [0.4, 0.5) is 4.39 Å². The van der Waals surface area contributed by atoms with Crippen LogP contribution in [0.5, 0.6) is 0 Å². The van der Waals surface area contributed by atoms with E-state index in [0.29, 0.717) is 0 Å². The largest absolute Gasteiger partial charge is 0.207 e. The van der Waals surface area contributed by atoms with Gasteiger partial charge in [-0.15, -0.1) is 34.3 Å². The summed E-state index contributed by atoms with van der Waals surface area (Å²) >= 11 is 15.3. The molecular weight excluding hydrogens is 310 g/mol. The summed E-state index contributed by atoms with van der Waals surface area (Å²) in [5.41, 5.74) is 0. The summed E-state index contributed by atoms with van der Waals surface area (Å²) in [6, 6.07) is 10.5. The lowest BCUT2D eigenvalue weighted by molar-refractivity contribution is 0.630. The molecule has 0 saturated heterocycles. The molecule has 1 unspecified atom stereocenters. The summed E-state index contributed by atoms with van der Waals surface area (Å²) in [6.45, 7) is 0. The topological polar surface area (TPSA) is 0 Å². The van der Waals surface area contributed by atoms with Gasteiger partial charge in [0, 0.05) is 14.5 Å². The van der Waals surface area contributed by atoms with Crippen molar-refractivity contribution >= 4 is 56.0 Å². The minimum atomic E-state index is -0.221. The molecule has 0 fully saturated rings. The summed E-state index contributed by atoms with van der Waals surface area (Å²) in [6.07, 6.45) is 0. The predicted molar refractivity (Wildman–Crippen MR) is 78.8 cm³/mol. The second-order valence-corrected chi connectivity index (χ2v) is 7.13. The zero-order chi connectivity index (χ0) is 12.7. The maximum absolute atomic E-state index is 13.1. The normalized spacial score (nSPS) is 13.1. The molecule has 5 heteroatoms. The summed E-state index contributed by atoms with van der Waals surface area (Å²) in [5, 5.41) is 0.799. The van der Waals surface area contributed by atoms with Gasteiger partial charge in [-0.3, -0.25) is 0 Å². The molecule has 0 aliphatic rings. The third-order valence-electron chi connectivity index (χ3n) is 2.59. The van der Waals surface area contributed by atoms with Gasteiger partial charge in [0.15, 0.2) is 0 Å². The molecular formula is C13H7Cl2FS2. The molecule has 92 valence electrons. The molecule has 0 radical (unpaired) electrons. The van der Waals surface area contributed by atoms with Gasteiger partial charge in [0.05, 0.1) is 4.34 Å². The van der Waals surface area contributed by atoms with E-state index in [1.165, 1.54) is 34.8 Å². The fourth-order valence-corrected chi connectivity index (χ4v) is 4.38. The predicted octanol–water partition coefficient (Wildman–Crippen LogP) is 6.08. The fourth-order valence-electron chi connectivity index (χ4n) is 1.76. The fraction of sp³-hybridized carbons (Fsp3) is 0.0769. The standard InChI is InChI=1S/C13H7Cl2FS2/c14-12-4-3-9(18-12)13(15)11-5-7-1-2-8(16)6-10(7)17-11/h1-6,13H. The van der Waals surface area contributed by atoms with Crippen LogP contribution in [0.2, 0.25) is 4.34 Å². The highest BCUT2D eigenvalue weighted by molar-refractivity contribution is 7.20. The molecule has 2 heterocycles. The molecule has 0 amide bonds. The first-order chi connectivity index (χ1) is 8.63. The lowest BCUT2D eigenvalue weighted by Gasteiger charge is -2.02. The van der Waals surface area contributed by atoms with Crippen molar-refractivity contribution in [2.24, 2.45) is 0 Å². The Hall–Kier alpha value is -0.610. The van der Waals surface area contributed by atoms with Crippen LogP contribution in [0.25, 0.3) is 10.1 Å². The Bertz CT molecular complexity index is 702. The number of halogens is 3. The SMILES string of the molecule is Fc1ccc2cc(C(Cl)c3ccc(Cl)s3)sc2c1. The lowest BCUT2D eigenvalue weighted by Crippen LogP contribution is -1.83. The minimum absolute atomic E-state index is 0.219. The lowest BCUT2D eigenvalue weighted by atomic mass is 10.2. The Labute approximate surface area is 122 Å². The first kappa shape index (κ1) is 12.4. The van der Waals surface area contributed by atoms with Crippen molar-refractivity contribution in [1.82, 2.24) is 0 Å². The van der Waals surface area contributed by atoms with E-state index in [2.05, 4.69) is 0 Å². The van der Waals surface area contributed by atoms with E-state index in [9.17, 15) is 4.39 Å². The van der Waals surface area contributed by atoms with E-state index in [0.717, 1.165) is 24.2 Å². The molecule has 1 atom stereocenters. The molecule has 0 N–H and O–H groups in total. The van der Waals surface area contributed by atoms with Crippen LogP contribution < -0.4 is 0 Å². The van der Waals surface area contributed by atoms with Crippen LogP contribution in [0.15, 0.2) is 36.4 Å². The molecule has 0 saturated carbocycles. The van der Waals surface area contributed by atoms with Crippen LogP contribution in [-0.2, 0) is 0 Å². The van der Waals surface area contributed by atoms with Crippen LogP contribution in [0.3, 0.4) is 0 Å². The van der Waals surface area contributed by atoms with E-state index >= 15 is 0 Å². The Morgan fingerprint density at radius 1 is 1.00 bits per heavy atom. The minimum Gasteiger partial charge on any atom is -0.207 e. The third kappa shape index (κ3) is 2.28. The Kier molecular flexibility index (Phi) is 3.32. The summed E-state index contributed by atoms with van der Waals surface area (Å²) < 4.78 is 14.8. The zero-order valence-corrected chi connectivity index (χ0v) is 12.1. The molecule has 3 rings (SSSR count). The number of alkyl halides is 1. The van der Waals surface area contributed by atoms with Gasteiger partial charge in [0.25, 0.3) is 0 Å². The summed E-state index contributed by atoms with van der Waals surface area (Å²) in [5.74, 6) is -0.221. The van der Waals surface area contributed by atoms with E-state index in [1.54, 1.807) is 6.07 Å². The molecule has 0 nitrogen and oxygen atoms in total. The molecule has 3 aromatic rings. The third-order valence-corrected chi connectivity index (χ3v) is 5.78. The van der Waals surface area contributed by atoms with Gasteiger partial charge in [-0.2, -0.15) is 0 Å². The second kappa shape index (κ2) is 4.82. The van der Waals surface area contributed by atoms with Gasteiger partial charge < -0.3 is 0 Å². The second-order valence-electron chi connectivity index (χ2n) is 3.84. The Balaban J connectivity index is 2.03.